The molecule has 2 aromatic rings. The monoisotopic (exact) mass is 374 g/mol. The van der Waals surface area contributed by atoms with E-state index in [9.17, 15) is 9.59 Å². The lowest BCUT2D eigenvalue weighted by molar-refractivity contribution is -0.119. The number of carbonyl (C=O) groups excluding carboxylic acids is 2. The second-order valence-electron chi connectivity index (χ2n) is 4.41. The number of halogens is 2. The van der Waals surface area contributed by atoms with Crippen LogP contribution in [0.5, 0.6) is 0 Å². The SMILES string of the molecule is C[C@@H](Sc1nnc(-c2ccc(Cl)cc2Cl)n1N)C(=O)NC(N)=O. The molecule has 1 heterocycles. The molecule has 0 saturated carbocycles. The summed E-state index contributed by atoms with van der Waals surface area (Å²) < 4.78 is 1.20. The normalized spacial score (nSPS) is 12.0. The molecule has 23 heavy (non-hydrogen) atoms. The van der Waals surface area contributed by atoms with Gasteiger partial charge in [0, 0.05) is 10.6 Å². The van der Waals surface area contributed by atoms with Gasteiger partial charge in [0.1, 0.15) is 0 Å². The Morgan fingerprint density at radius 2 is 2.04 bits per heavy atom. The number of hydrogen-bond donors (Lipinski definition) is 3. The second kappa shape index (κ2) is 7.07. The first kappa shape index (κ1) is 17.4. The van der Waals surface area contributed by atoms with Gasteiger partial charge in [-0.1, -0.05) is 35.0 Å². The van der Waals surface area contributed by atoms with Crippen LogP contribution in [-0.2, 0) is 4.79 Å². The summed E-state index contributed by atoms with van der Waals surface area (Å²) in [5, 5.41) is 10.3. The molecule has 1 aromatic heterocycles. The number of nitrogens with one attached hydrogen (secondary N) is 1. The van der Waals surface area contributed by atoms with Crippen LogP contribution in [0, 0.1) is 0 Å². The van der Waals surface area contributed by atoms with Gasteiger partial charge in [-0.3, -0.25) is 10.1 Å². The highest BCUT2D eigenvalue weighted by Gasteiger charge is 2.21. The quantitative estimate of drug-likeness (QED) is 0.550. The summed E-state index contributed by atoms with van der Waals surface area (Å²) in [4.78, 5) is 22.4. The standard InChI is InChI=1S/C12H12Cl2N6O2S/c1-5(10(21)17-11(15)22)23-12-19-18-9(20(12)16)7-3-2-6(13)4-8(7)14/h2-5H,16H2,1H3,(H3,15,17,21,22)/t5-/m1/s1. The molecule has 0 saturated heterocycles. The van der Waals surface area contributed by atoms with Gasteiger partial charge in [0.15, 0.2) is 5.82 Å². The van der Waals surface area contributed by atoms with E-state index in [1.165, 1.54) is 4.68 Å². The predicted molar refractivity (Wildman–Crippen MR) is 88.7 cm³/mol. The summed E-state index contributed by atoms with van der Waals surface area (Å²) in [5.41, 5.74) is 5.45. The van der Waals surface area contributed by atoms with E-state index < -0.39 is 17.2 Å². The van der Waals surface area contributed by atoms with Crippen LogP contribution >= 0.6 is 35.0 Å². The molecule has 0 unspecified atom stereocenters. The molecule has 8 nitrogen and oxygen atoms in total. The number of nitrogen functional groups attached to an aromatic ring is 1. The molecule has 0 radical (unpaired) electrons. The molecule has 5 N–H and O–H groups in total. The molecule has 11 heteroatoms. The van der Waals surface area contributed by atoms with E-state index in [4.69, 9.17) is 34.8 Å². The number of thioether (sulfide) groups is 1. The van der Waals surface area contributed by atoms with Gasteiger partial charge in [0.2, 0.25) is 11.1 Å². The van der Waals surface area contributed by atoms with Gasteiger partial charge in [-0.25, -0.2) is 9.47 Å². The minimum Gasteiger partial charge on any atom is -0.351 e. The Labute approximate surface area is 145 Å². The maximum atomic E-state index is 11.7. The first-order valence-electron chi connectivity index (χ1n) is 6.22. The third-order valence-electron chi connectivity index (χ3n) is 2.73. The van der Waals surface area contributed by atoms with Crippen molar-refractivity contribution in [1.29, 1.82) is 0 Å². The van der Waals surface area contributed by atoms with E-state index in [1.54, 1.807) is 25.1 Å². The topological polar surface area (TPSA) is 129 Å². The summed E-state index contributed by atoms with van der Waals surface area (Å²) in [5.74, 6) is 5.71. The molecular weight excluding hydrogens is 363 g/mol. The lowest BCUT2D eigenvalue weighted by atomic mass is 10.2. The minimum atomic E-state index is -0.926. The summed E-state index contributed by atoms with van der Waals surface area (Å²) >= 11 is 13.0. The molecule has 0 aliphatic heterocycles. The van der Waals surface area contributed by atoms with Crippen LogP contribution in [0.4, 0.5) is 4.79 Å². The lowest BCUT2D eigenvalue weighted by Gasteiger charge is -2.09. The number of aromatic nitrogens is 3. The van der Waals surface area contributed by atoms with E-state index >= 15 is 0 Å². The van der Waals surface area contributed by atoms with Gasteiger partial charge in [-0.05, 0) is 25.1 Å². The summed E-state index contributed by atoms with van der Waals surface area (Å²) in [6.45, 7) is 1.58. The van der Waals surface area contributed by atoms with Crippen molar-refractivity contribution in [3.63, 3.8) is 0 Å². The number of rotatable bonds is 4. The van der Waals surface area contributed by atoms with Gasteiger partial charge in [0.25, 0.3) is 0 Å². The van der Waals surface area contributed by atoms with Crippen LogP contribution < -0.4 is 16.9 Å². The molecule has 2 rings (SSSR count). The second-order valence-corrected chi connectivity index (χ2v) is 6.57. The zero-order valence-corrected chi connectivity index (χ0v) is 14.1. The van der Waals surface area contributed by atoms with Crippen LogP contribution in [0.3, 0.4) is 0 Å². The van der Waals surface area contributed by atoms with Crippen LogP contribution in [0.25, 0.3) is 11.4 Å². The molecule has 122 valence electrons. The molecule has 3 amide bonds. The highest BCUT2D eigenvalue weighted by Crippen LogP contribution is 2.30. The average molecular weight is 375 g/mol. The molecule has 0 spiro atoms. The summed E-state index contributed by atoms with van der Waals surface area (Å²) in [6, 6.07) is 3.94. The van der Waals surface area contributed by atoms with E-state index in [0.717, 1.165) is 11.8 Å². The van der Waals surface area contributed by atoms with Crippen LogP contribution in [0.15, 0.2) is 23.4 Å². The van der Waals surface area contributed by atoms with Crippen LogP contribution in [0.1, 0.15) is 6.92 Å². The number of carbonyl (C=O) groups is 2. The van der Waals surface area contributed by atoms with Crippen molar-refractivity contribution in [1.82, 2.24) is 20.2 Å². The van der Waals surface area contributed by atoms with Crippen LogP contribution in [-0.4, -0.2) is 32.1 Å². The van der Waals surface area contributed by atoms with Crippen molar-refractivity contribution in [2.45, 2.75) is 17.3 Å². The fraction of sp³-hybridized carbons (Fsp3) is 0.167. The number of primary amides is 1. The fourth-order valence-electron chi connectivity index (χ4n) is 1.65. The highest BCUT2D eigenvalue weighted by atomic mass is 35.5. The van der Waals surface area contributed by atoms with Crippen molar-refractivity contribution in [2.75, 3.05) is 5.84 Å². The number of hydrogen-bond acceptors (Lipinski definition) is 6. The molecule has 0 aliphatic carbocycles. The predicted octanol–water partition coefficient (Wildman–Crippen LogP) is 1.64. The van der Waals surface area contributed by atoms with E-state index in [1.807, 2.05) is 5.32 Å². The van der Waals surface area contributed by atoms with Gasteiger partial charge < -0.3 is 11.6 Å². The number of benzene rings is 1. The maximum Gasteiger partial charge on any atom is 0.318 e. The summed E-state index contributed by atoms with van der Waals surface area (Å²) in [6.07, 6.45) is 0. The molecular formula is C12H12Cl2N6O2S. The van der Waals surface area contributed by atoms with Gasteiger partial charge >= 0.3 is 6.03 Å². The largest absolute Gasteiger partial charge is 0.351 e. The first-order valence-corrected chi connectivity index (χ1v) is 7.86. The third kappa shape index (κ3) is 4.06. The maximum absolute atomic E-state index is 11.7. The van der Waals surface area contributed by atoms with E-state index in [-0.39, 0.29) is 5.16 Å². The Kier molecular flexibility index (Phi) is 5.34. The molecule has 0 aliphatic rings. The summed E-state index contributed by atoms with van der Waals surface area (Å²) in [7, 11) is 0. The van der Waals surface area contributed by atoms with Crippen molar-refractivity contribution >= 4 is 46.9 Å². The Bertz CT molecular complexity index is 766. The number of nitrogens with two attached hydrogens (primary N) is 2. The fourth-order valence-corrected chi connectivity index (χ4v) is 2.91. The molecule has 0 fully saturated rings. The van der Waals surface area contributed by atoms with Crippen molar-refractivity contribution in [2.24, 2.45) is 5.73 Å². The zero-order valence-electron chi connectivity index (χ0n) is 11.8. The van der Waals surface area contributed by atoms with Gasteiger partial charge in [-0.15, -0.1) is 10.2 Å². The number of nitrogens with zero attached hydrogens (tertiary/aromatic N) is 3. The van der Waals surface area contributed by atoms with Crippen molar-refractivity contribution in [3.05, 3.63) is 28.2 Å². The molecule has 0 bridgehead atoms. The Balaban J connectivity index is 2.22. The third-order valence-corrected chi connectivity index (χ3v) is 4.34. The first-order chi connectivity index (χ1) is 10.8. The van der Waals surface area contributed by atoms with Gasteiger partial charge in [-0.2, -0.15) is 0 Å². The average Bonchev–Trinajstić information content (AvgIpc) is 2.79. The number of imide groups is 1. The van der Waals surface area contributed by atoms with Gasteiger partial charge in [0.05, 0.1) is 10.3 Å². The van der Waals surface area contributed by atoms with Crippen molar-refractivity contribution < 1.29 is 9.59 Å². The zero-order chi connectivity index (χ0) is 17.1. The smallest absolute Gasteiger partial charge is 0.318 e. The van der Waals surface area contributed by atoms with Crippen LogP contribution in [0.2, 0.25) is 10.0 Å². The lowest BCUT2D eigenvalue weighted by Crippen LogP contribution is -2.39. The molecule has 1 aromatic carbocycles. The Hall–Kier alpha value is -1.97. The Morgan fingerprint density at radius 3 is 2.65 bits per heavy atom. The number of amides is 3. The minimum absolute atomic E-state index is 0.276. The Morgan fingerprint density at radius 1 is 1.35 bits per heavy atom. The van der Waals surface area contributed by atoms with Crippen molar-refractivity contribution in [3.8, 4) is 11.4 Å². The highest BCUT2D eigenvalue weighted by molar-refractivity contribution is 8.00. The van der Waals surface area contributed by atoms with E-state index in [0.29, 0.717) is 21.4 Å². The number of urea groups is 1. The van der Waals surface area contributed by atoms with E-state index in [2.05, 4.69) is 10.2 Å². The molecule has 1 atom stereocenters.